The average Bonchev–Trinajstić information content (AvgIpc) is 2.03. The van der Waals surface area contributed by atoms with Gasteiger partial charge in [0.05, 0.1) is 0 Å². The van der Waals surface area contributed by atoms with Crippen molar-refractivity contribution in [2.24, 2.45) is 5.73 Å². The van der Waals surface area contributed by atoms with E-state index in [0.29, 0.717) is 0 Å². The molecule has 0 aliphatic carbocycles. The Morgan fingerprint density at radius 2 is 2.30 bits per heavy atom. The molecule has 2 N–H and O–H groups in total. The Labute approximate surface area is 64.5 Å². The van der Waals surface area contributed by atoms with Crippen LogP contribution in [-0.4, -0.2) is 22.2 Å². The van der Waals surface area contributed by atoms with E-state index in [9.17, 15) is 0 Å². The van der Waals surface area contributed by atoms with Gasteiger partial charge < -0.3 is 10.2 Å². The van der Waals surface area contributed by atoms with Crippen molar-refractivity contribution in [1.29, 1.82) is 0 Å². The summed E-state index contributed by atoms with van der Waals surface area (Å²) in [7, 11) is -0.724. The SMILES string of the molecule is NCCC[SiH]1CCCCO1. The molecule has 0 spiro atoms. The second-order valence-corrected chi connectivity index (χ2v) is 5.65. The molecule has 0 aromatic rings. The van der Waals surface area contributed by atoms with Crippen LogP contribution < -0.4 is 5.73 Å². The number of nitrogens with two attached hydrogens (primary N) is 1. The van der Waals surface area contributed by atoms with Gasteiger partial charge in [0, 0.05) is 6.61 Å². The zero-order valence-electron chi connectivity index (χ0n) is 6.51. The minimum absolute atomic E-state index is 0.724. The molecule has 2 nitrogen and oxygen atoms in total. The summed E-state index contributed by atoms with van der Waals surface area (Å²) < 4.78 is 5.66. The van der Waals surface area contributed by atoms with E-state index >= 15 is 0 Å². The maximum absolute atomic E-state index is 5.66. The molecule has 0 saturated carbocycles. The lowest BCUT2D eigenvalue weighted by Gasteiger charge is -2.20. The van der Waals surface area contributed by atoms with E-state index in [0.717, 1.165) is 13.2 Å². The smallest absolute Gasteiger partial charge is 0.176 e. The third-order valence-electron chi connectivity index (χ3n) is 2.00. The normalized spacial score (nSPS) is 26.7. The lowest BCUT2D eigenvalue weighted by molar-refractivity contribution is 0.286. The van der Waals surface area contributed by atoms with Crippen molar-refractivity contribution in [1.82, 2.24) is 0 Å². The Hall–Kier alpha value is 0.137. The molecule has 60 valence electrons. The first-order chi connectivity index (χ1) is 4.93. The summed E-state index contributed by atoms with van der Waals surface area (Å²) in [5.74, 6) is 0. The molecule has 0 aromatic heterocycles. The van der Waals surface area contributed by atoms with Gasteiger partial charge in [-0.15, -0.1) is 0 Å². The molecule has 3 heteroatoms. The van der Waals surface area contributed by atoms with Gasteiger partial charge in [0.1, 0.15) is 0 Å². The molecule has 1 heterocycles. The van der Waals surface area contributed by atoms with Crippen LogP contribution in [0.15, 0.2) is 0 Å². The summed E-state index contributed by atoms with van der Waals surface area (Å²) in [5.41, 5.74) is 5.41. The second kappa shape index (κ2) is 4.88. The highest BCUT2D eigenvalue weighted by molar-refractivity contribution is 6.51. The quantitative estimate of drug-likeness (QED) is 0.620. The molecule has 1 aliphatic heterocycles. The minimum atomic E-state index is -0.724. The van der Waals surface area contributed by atoms with Crippen LogP contribution in [-0.2, 0) is 4.43 Å². The summed E-state index contributed by atoms with van der Waals surface area (Å²) in [6.45, 7) is 1.87. The Balaban J connectivity index is 2.02. The molecule has 0 amide bonds. The van der Waals surface area contributed by atoms with E-state index in [2.05, 4.69) is 0 Å². The van der Waals surface area contributed by atoms with Crippen molar-refractivity contribution in [2.75, 3.05) is 13.2 Å². The van der Waals surface area contributed by atoms with Gasteiger partial charge in [0.25, 0.3) is 0 Å². The predicted octanol–water partition coefficient (Wildman–Crippen LogP) is 0.869. The van der Waals surface area contributed by atoms with Gasteiger partial charge in [-0.3, -0.25) is 0 Å². The Morgan fingerprint density at radius 1 is 1.40 bits per heavy atom. The Morgan fingerprint density at radius 3 is 2.90 bits per heavy atom. The summed E-state index contributed by atoms with van der Waals surface area (Å²) in [4.78, 5) is 0. The fraction of sp³-hybridized carbons (Fsp3) is 1.00. The van der Waals surface area contributed by atoms with E-state index in [1.165, 1.54) is 31.4 Å². The molecule has 0 bridgehead atoms. The first-order valence-electron chi connectivity index (χ1n) is 4.25. The van der Waals surface area contributed by atoms with Crippen LogP contribution in [0.5, 0.6) is 0 Å². The molecule has 1 rings (SSSR count). The largest absolute Gasteiger partial charge is 0.420 e. The van der Waals surface area contributed by atoms with Crippen LogP contribution in [0.1, 0.15) is 19.3 Å². The van der Waals surface area contributed by atoms with Gasteiger partial charge in [-0.05, 0) is 31.5 Å². The Kier molecular flexibility index (Phi) is 4.02. The summed E-state index contributed by atoms with van der Waals surface area (Å²) in [6.07, 6.45) is 3.87. The van der Waals surface area contributed by atoms with Gasteiger partial charge in [-0.25, -0.2) is 0 Å². The third kappa shape index (κ3) is 2.81. The first-order valence-corrected chi connectivity index (χ1v) is 6.35. The Bertz CT molecular complexity index is 83.7. The lowest BCUT2D eigenvalue weighted by Crippen LogP contribution is -2.23. The highest BCUT2D eigenvalue weighted by atomic mass is 28.3. The van der Waals surface area contributed by atoms with Crippen molar-refractivity contribution < 1.29 is 4.43 Å². The molecule has 0 radical (unpaired) electrons. The van der Waals surface area contributed by atoms with E-state index in [4.69, 9.17) is 10.2 Å². The van der Waals surface area contributed by atoms with Crippen molar-refractivity contribution in [3.8, 4) is 0 Å². The van der Waals surface area contributed by atoms with Crippen molar-refractivity contribution in [3.63, 3.8) is 0 Å². The monoisotopic (exact) mass is 159 g/mol. The van der Waals surface area contributed by atoms with Crippen LogP contribution >= 0.6 is 0 Å². The van der Waals surface area contributed by atoms with Crippen molar-refractivity contribution >= 4 is 9.04 Å². The molecule has 0 aromatic carbocycles. The highest BCUT2D eigenvalue weighted by Gasteiger charge is 2.14. The van der Waals surface area contributed by atoms with Gasteiger partial charge in [0.2, 0.25) is 0 Å². The minimum Gasteiger partial charge on any atom is -0.420 e. The lowest BCUT2D eigenvalue weighted by atomic mass is 10.4. The fourth-order valence-corrected chi connectivity index (χ4v) is 3.94. The molecular formula is C7H17NOSi. The maximum Gasteiger partial charge on any atom is 0.176 e. The molecular weight excluding hydrogens is 142 g/mol. The van der Waals surface area contributed by atoms with Gasteiger partial charge in [-0.2, -0.15) is 0 Å². The fourth-order valence-electron chi connectivity index (χ4n) is 1.38. The zero-order chi connectivity index (χ0) is 7.23. The summed E-state index contributed by atoms with van der Waals surface area (Å²) in [5, 5.41) is 0. The van der Waals surface area contributed by atoms with Crippen molar-refractivity contribution in [3.05, 3.63) is 0 Å². The first kappa shape index (κ1) is 8.24. The molecule has 1 unspecified atom stereocenters. The molecule has 1 atom stereocenters. The third-order valence-corrected chi connectivity index (χ3v) is 4.82. The maximum atomic E-state index is 5.66. The van der Waals surface area contributed by atoms with Gasteiger partial charge in [0.15, 0.2) is 9.04 Å². The average molecular weight is 159 g/mol. The summed E-state index contributed by atoms with van der Waals surface area (Å²) >= 11 is 0. The van der Waals surface area contributed by atoms with E-state index in [-0.39, 0.29) is 0 Å². The number of hydrogen-bond acceptors (Lipinski definition) is 2. The number of hydrogen-bond donors (Lipinski definition) is 1. The molecule has 1 aliphatic rings. The molecule has 10 heavy (non-hydrogen) atoms. The summed E-state index contributed by atoms with van der Waals surface area (Å²) in [6, 6.07) is 2.69. The zero-order valence-corrected chi connectivity index (χ0v) is 7.67. The van der Waals surface area contributed by atoms with E-state index < -0.39 is 9.04 Å². The topological polar surface area (TPSA) is 35.2 Å². The molecule has 1 fully saturated rings. The van der Waals surface area contributed by atoms with Gasteiger partial charge in [-0.1, -0.05) is 6.42 Å². The molecule has 1 saturated heterocycles. The predicted molar refractivity (Wildman–Crippen MR) is 45.6 cm³/mol. The van der Waals surface area contributed by atoms with Crippen LogP contribution in [0, 0.1) is 0 Å². The van der Waals surface area contributed by atoms with Crippen LogP contribution in [0.25, 0.3) is 0 Å². The number of rotatable bonds is 3. The van der Waals surface area contributed by atoms with Crippen LogP contribution in [0.3, 0.4) is 0 Å². The van der Waals surface area contributed by atoms with Crippen molar-refractivity contribution in [2.45, 2.75) is 31.4 Å². The van der Waals surface area contributed by atoms with Gasteiger partial charge >= 0.3 is 0 Å². The van der Waals surface area contributed by atoms with E-state index in [1.807, 2.05) is 0 Å². The highest BCUT2D eigenvalue weighted by Crippen LogP contribution is 2.14. The second-order valence-electron chi connectivity index (χ2n) is 2.92. The van der Waals surface area contributed by atoms with E-state index in [1.54, 1.807) is 0 Å². The standard InChI is InChI=1S/C7H17NOSi/c8-4-3-7-10-6-2-1-5-9-10/h10H,1-8H2. The van der Waals surface area contributed by atoms with Crippen LogP contribution in [0.2, 0.25) is 12.1 Å². The van der Waals surface area contributed by atoms with Crippen LogP contribution in [0.4, 0.5) is 0 Å².